The molecule has 0 saturated heterocycles. The maximum atomic E-state index is 13.8. The molecule has 0 aliphatic heterocycles. The summed E-state index contributed by atoms with van der Waals surface area (Å²) >= 11 is 2.86. The predicted octanol–water partition coefficient (Wildman–Crippen LogP) is 2.51. The van der Waals surface area contributed by atoms with E-state index in [4.69, 9.17) is 0 Å². The fourth-order valence-corrected chi connectivity index (χ4v) is 4.42. The normalized spacial score (nSPS) is 13.0. The van der Waals surface area contributed by atoms with Crippen LogP contribution < -0.4 is 0 Å². The summed E-state index contributed by atoms with van der Waals surface area (Å²) in [7, 11) is -4.18. The number of hydrogen-bond acceptors (Lipinski definition) is 3. The number of rotatable bonds is 5. The lowest BCUT2D eigenvalue weighted by Crippen LogP contribution is -2.42. The van der Waals surface area contributed by atoms with Gasteiger partial charge in [0.25, 0.3) is 0 Å². The Balaban J connectivity index is 3.35. The van der Waals surface area contributed by atoms with Gasteiger partial charge >= 0.3 is 0 Å². The van der Waals surface area contributed by atoms with E-state index in [0.717, 1.165) is 10.4 Å². The van der Waals surface area contributed by atoms with Gasteiger partial charge in [0.05, 0.1) is 5.60 Å². The first-order valence-corrected chi connectivity index (χ1v) is 8.09. The lowest BCUT2D eigenvalue weighted by Gasteiger charge is -2.27. The van der Waals surface area contributed by atoms with Crippen molar-refractivity contribution < 1.29 is 22.3 Å². The van der Waals surface area contributed by atoms with Crippen LogP contribution in [-0.4, -0.2) is 36.5 Å². The van der Waals surface area contributed by atoms with E-state index in [0.29, 0.717) is 6.07 Å². The topological polar surface area (TPSA) is 57.6 Å². The van der Waals surface area contributed by atoms with E-state index in [1.54, 1.807) is 6.92 Å². The molecule has 0 unspecified atom stereocenters. The number of nitrogens with zero attached hydrogens (tertiary/aromatic N) is 1. The van der Waals surface area contributed by atoms with Crippen molar-refractivity contribution in [1.29, 1.82) is 0 Å². The third-order valence-electron chi connectivity index (χ3n) is 2.48. The number of sulfonamides is 1. The zero-order valence-electron chi connectivity index (χ0n) is 11.3. The van der Waals surface area contributed by atoms with E-state index >= 15 is 0 Å². The summed E-state index contributed by atoms with van der Waals surface area (Å²) in [4.78, 5) is -0.634. The van der Waals surface area contributed by atoms with Gasteiger partial charge in [-0.05, 0) is 35.8 Å². The summed E-state index contributed by atoms with van der Waals surface area (Å²) in [5, 5.41) is 9.74. The summed E-state index contributed by atoms with van der Waals surface area (Å²) < 4.78 is 52.4. The number of halogens is 3. The van der Waals surface area contributed by atoms with Crippen LogP contribution in [0.25, 0.3) is 0 Å². The quantitative estimate of drug-likeness (QED) is 0.864. The number of hydrogen-bond donors (Lipinski definition) is 1. The molecule has 4 nitrogen and oxygen atoms in total. The molecule has 0 fully saturated rings. The minimum atomic E-state index is -4.18. The highest BCUT2D eigenvalue weighted by Gasteiger charge is 2.32. The Morgan fingerprint density at radius 2 is 1.90 bits per heavy atom. The summed E-state index contributed by atoms with van der Waals surface area (Å²) in [6, 6.07) is 1.39. The van der Waals surface area contributed by atoms with Crippen LogP contribution >= 0.6 is 15.9 Å². The molecule has 0 aliphatic rings. The fraction of sp³-hybridized carbons (Fsp3) is 0.500. The van der Waals surface area contributed by atoms with Crippen molar-refractivity contribution in [2.45, 2.75) is 31.3 Å². The largest absolute Gasteiger partial charge is 0.389 e. The summed E-state index contributed by atoms with van der Waals surface area (Å²) in [5.41, 5.74) is -1.27. The van der Waals surface area contributed by atoms with Crippen molar-refractivity contribution in [3.05, 3.63) is 28.2 Å². The summed E-state index contributed by atoms with van der Waals surface area (Å²) in [6.07, 6.45) is 0. The second kappa shape index (κ2) is 6.05. The van der Waals surface area contributed by atoms with E-state index < -0.39 is 32.2 Å². The van der Waals surface area contributed by atoms with Gasteiger partial charge in [-0.3, -0.25) is 0 Å². The Labute approximate surface area is 125 Å². The monoisotopic (exact) mass is 371 g/mol. The van der Waals surface area contributed by atoms with Gasteiger partial charge in [-0.25, -0.2) is 17.2 Å². The zero-order valence-corrected chi connectivity index (χ0v) is 13.7. The second-order valence-electron chi connectivity index (χ2n) is 4.94. The van der Waals surface area contributed by atoms with Crippen LogP contribution in [0.3, 0.4) is 0 Å². The van der Waals surface area contributed by atoms with Gasteiger partial charge in [0, 0.05) is 23.6 Å². The SMILES string of the molecule is CCN(CC(C)(C)O)S(=O)(=O)c1c(F)cc(F)cc1Br. The molecule has 1 aromatic rings. The second-order valence-corrected chi connectivity index (χ2v) is 7.67. The predicted molar refractivity (Wildman–Crippen MR) is 74.8 cm³/mol. The van der Waals surface area contributed by atoms with Crippen molar-refractivity contribution in [1.82, 2.24) is 4.31 Å². The maximum Gasteiger partial charge on any atom is 0.247 e. The Morgan fingerprint density at radius 3 is 2.30 bits per heavy atom. The molecule has 1 N–H and O–H groups in total. The van der Waals surface area contributed by atoms with Gasteiger partial charge in [-0.15, -0.1) is 0 Å². The molecule has 0 radical (unpaired) electrons. The highest BCUT2D eigenvalue weighted by Crippen LogP contribution is 2.29. The first-order chi connectivity index (χ1) is 8.99. The first kappa shape index (κ1) is 17.5. The van der Waals surface area contributed by atoms with Crippen LogP contribution in [0.2, 0.25) is 0 Å². The zero-order chi connectivity index (χ0) is 15.7. The minimum absolute atomic E-state index is 0.0512. The molecule has 0 spiro atoms. The summed E-state index contributed by atoms with van der Waals surface area (Å²) in [5.74, 6) is -2.05. The highest BCUT2D eigenvalue weighted by atomic mass is 79.9. The van der Waals surface area contributed by atoms with E-state index in [1.165, 1.54) is 13.8 Å². The molecule has 0 heterocycles. The van der Waals surface area contributed by atoms with Crippen molar-refractivity contribution in [2.75, 3.05) is 13.1 Å². The summed E-state index contributed by atoms with van der Waals surface area (Å²) in [6.45, 7) is 4.31. The first-order valence-electron chi connectivity index (χ1n) is 5.86. The lowest BCUT2D eigenvalue weighted by molar-refractivity contribution is 0.0600. The standard InChI is InChI=1S/C12H16BrF2NO3S/c1-4-16(7-12(2,3)17)20(18,19)11-9(13)5-8(14)6-10(11)15/h5-6,17H,4,7H2,1-3H3. The fourth-order valence-electron chi connectivity index (χ4n) is 1.70. The maximum absolute atomic E-state index is 13.8. The lowest BCUT2D eigenvalue weighted by atomic mass is 10.1. The number of benzene rings is 1. The smallest absolute Gasteiger partial charge is 0.247 e. The van der Waals surface area contributed by atoms with E-state index in [2.05, 4.69) is 15.9 Å². The molecule has 0 aromatic heterocycles. The number of likely N-dealkylation sites (N-methyl/N-ethyl adjacent to an activating group) is 1. The minimum Gasteiger partial charge on any atom is -0.389 e. The molecular weight excluding hydrogens is 356 g/mol. The molecule has 0 atom stereocenters. The third-order valence-corrected chi connectivity index (χ3v) is 5.36. The molecule has 1 aromatic carbocycles. The molecule has 1 rings (SSSR count). The molecule has 114 valence electrons. The highest BCUT2D eigenvalue weighted by molar-refractivity contribution is 9.10. The van der Waals surface area contributed by atoms with Crippen LogP contribution in [0.1, 0.15) is 20.8 Å². The molecule has 8 heteroatoms. The van der Waals surface area contributed by atoms with Crippen LogP contribution in [0.5, 0.6) is 0 Å². The van der Waals surface area contributed by atoms with Crippen LogP contribution in [0, 0.1) is 11.6 Å². The van der Waals surface area contributed by atoms with Gasteiger partial charge < -0.3 is 5.11 Å². The Bertz CT molecular complexity index is 576. The average molecular weight is 372 g/mol. The Morgan fingerprint density at radius 1 is 1.35 bits per heavy atom. The van der Waals surface area contributed by atoms with Crippen molar-refractivity contribution in [2.24, 2.45) is 0 Å². The van der Waals surface area contributed by atoms with E-state index in [9.17, 15) is 22.3 Å². The number of aliphatic hydroxyl groups is 1. The molecule has 0 aliphatic carbocycles. The molecule has 0 bridgehead atoms. The van der Waals surface area contributed by atoms with Gasteiger partial charge in [0.1, 0.15) is 16.5 Å². The van der Waals surface area contributed by atoms with Gasteiger partial charge in [0.15, 0.2) is 0 Å². The van der Waals surface area contributed by atoms with Crippen LogP contribution in [0.4, 0.5) is 8.78 Å². The van der Waals surface area contributed by atoms with Crippen molar-refractivity contribution in [3.8, 4) is 0 Å². The van der Waals surface area contributed by atoms with Crippen molar-refractivity contribution in [3.63, 3.8) is 0 Å². The van der Waals surface area contributed by atoms with Crippen molar-refractivity contribution >= 4 is 26.0 Å². The van der Waals surface area contributed by atoms with Gasteiger partial charge in [-0.1, -0.05) is 6.92 Å². The van der Waals surface area contributed by atoms with Gasteiger partial charge in [-0.2, -0.15) is 4.31 Å². The molecular formula is C12H16BrF2NO3S. The molecule has 20 heavy (non-hydrogen) atoms. The van der Waals surface area contributed by atoms with E-state index in [1.807, 2.05) is 0 Å². The molecule has 0 amide bonds. The third kappa shape index (κ3) is 3.97. The average Bonchev–Trinajstić information content (AvgIpc) is 2.22. The van der Waals surface area contributed by atoms with Gasteiger partial charge in [0.2, 0.25) is 10.0 Å². The molecule has 0 saturated carbocycles. The van der Waals surface area contributed by atoms with E-state index in [-0.39, 0.29) is 17.6 Å². The Kier molecular flexibility index (Phi) is 5.29. The van der Waals surface area contributed by atoms with Crippen LogP contribution in [0.15, 0.2) is 21.5 Å². The van der Waals surface area contributed by atoms with Crippen LogP contribution in [-0.2, 0) is 10.0 Å². The Hall–Kier alpha value is -0.570.